The minimum absolute atomic E-state index is 0. The van der Waals surface area contributed by atoms with Gasteiger partial charge in [-0.3, -0.25) is 4.79 Å². The van der Waals surface area contributed by atoms with Gasteiger partial charge in [-0.1, -0.05) is 12.1 Å². The van der Waals surface area contributed by atoms with Gasteiger partial charge in [-0.15, -0.1) is 12.4 Å². The molecule has 1 aromatic carbocycles. The molecule has 1 amide bonds. The van der Waals surface area contributed by atoms with Crippen LogP contribution in [0.25, 0.3) is 0 Å². The molecule has 3 rings (SSSR count). The average Bonchev–Trinajstić information content (AvgIpc) is 2.79. The van der Waals surface area contributed by atoms with Crippen molar-refractivity contribution in [1.82, 2.24) is 10.2 Å². The Kier molecular flexibility index (Phi) is 5.62. The van der Waals surface area contributed by atoms with Crippen molar-refractivity contribution in [2.24, 2.45) is 0 Å². The van der Waals surface area contributed by atoms with Gasteiger partial charge in [0.15, 0.2) is 0 Å². The van der Waals surface area contributed by atoms with Gasteiger partial charge in [-0.05, 0) is 37.0 Å². The van der Waals surface area contributed by atoms with Gasteiger partial charge in [0, 0.05) is 37.8 Å². The number of nitrogens with zero attached hydrogens (tertiary/aromatic N) is 1. The van der Waals surface area contributed by atoms with E-state index in [1.165, 1.54) is 12.8 Å². The Balaban J connectivity index is 0.00000161. The van der Waals surface area contributed by atoms with Gasteiger partial charge in [-0.2, -0.15) is 0 Å². The third kappa shape index (κ3) is 3.76. The summed E-state index contributed by atoms with van der Waals surface area (Å²) in [6, 6.07) is 8.86. The van der Waals surface area contributed by atoms with E-state index in [4.69, 9.17) is 4.74 Å². The molecule has 1 aromatic rings. The van der Waals surface area contributed by atoms with Crippen molar-refractivity contribution in [2.45, 2.75) is 38.0 Å². The van der Waals surface area contributed by atoms with Crippen molar-refractivity contribution in [2.75, 3.05) is 20.2 Å². The molecule has 2 bridgehead atoms. The molecule has 1 N–H and O–H groups in total. The van der Waals surface area contributed by atoms with Crippen LogP contribution in [0.3, 0.4) is 0 Å². The Labute approximate surface area is 132 Å². The van der Waals surface area contributed by atoms with Crippen LogP contribution in [-0.4, -0.2) is 43.1 Å². The number of likely N-dealkylation sites (tertiary alicyclic amines) is 1. The lowest BCUT2D eigenvalue weighted by Crippen LogP contribution is -2.39. The third-order valence-corrected chi connectivity index (χ3v) is 4.32. The number of ether oxygens (including phenoxy) is 1. The number of methoxy groups -OCH3 is 1. The summed E-state index contributed by atoms with van der Waals surface area (Å²) in [4.78, 5) is 14.6. The van der Waals surface area contributed by atoms with Gasteiger partial charge in [0.05, 0.1) is 6.61 Å². The molecular formula is C16H23ClN2O2. The maximum Gasteiger partial charge on any atom is 0.253 e. The Morgan fingerprint density at radius 1 is 1.24 bits per heavy atom. The van der Waals surface area contributed by atoms with E-state index in [1.54, 1.807) is 7.11 Å². The van der Waals surface area contributed by atoms with E-state index >= 15 is 0 Å². The van der Waals surface area contributed by atoms with Crippen LogP contribution >= 0.6 is 12.4 Å². The molecule has 2 atom stereocenters. The Morgan fingerprint density at radius 2 is 1.95 bits per heavy atom. The molecule has 116 valence electrons. The summed E-state index contributed by atoms with van der Waals surface area (Å²) in [6.45, 7) is 2.30. The lowest BCUT2D eigenvalue weighted by atomic mass is 10.1. The van der Waals surface area contributed by atoms with Gasteiger partial charge in [0.2, 0.25) is 0 Å². The first kappa shape index (κ1) is 16.3. The van der Waals surface area contributed by atoms with Gasteiger partial charge in [0.25, 0.3) is 5.91 Å². The molecular weight excluding hydrogens is 288 g/mol. The van der Waals surface area contributed by atoms with Crippen LogP contribution in [0.5, 0.6) is 0 Å². The highest BCUT2D eigenvalue weighted by molar-refractivity contribution is 5.94. The third-order valence-electron chi connectivity index (χ3n) is 4.32. The van der Waals surface area contributed by atoms with E-state index in [0.29, 0.717) is 18.7 Å². The molecule has 0 aromatic heterocycles. The highest BCUT2D eigenvalue weighted by Gasteiger charge is 2.31. The van der Waals surface area contributed by atoms with Crippen molar-refractivity contribution < 1.29 is 9.53 Å². The summed E-state index contributed by atoms with van der Waals surface area (Å²) in [5, 5.41) is 3.60. The Morgan fingerprint density at radius 3 is 2.67 bits per heavy atom. The van der Waals surface area contributed by atoms with Crippen molar-refractivity contribution in [3.05, 3.63) is 35.4 Å². The average molecular weight is 311 g/mol. The Hall–Kier alpha value is -1.10. The molecule has 0 spiro atoms. The van der Waals surface area contributed by atoms with Crippen LogP contribution in [0.15, 0.2) is 24.3 Å². The molecule has 4 nitrogen and oxygen atoms in total. The summed E-state index contributed by atoms with van der Waals surface area (Å²) >= 11 is 0. The van der Waals surface area contributed by atoms with Crippen molar-refractivity contribution >= 4 is 18.3 Å². The van der Waals surface area contributed by atoms with Crippen LogP contribution in [0.4, 0.5) is 0 Å². The van der Waals surface area contributed by atoms with Crippen molar-refractivity contribution in [3.8, 4) is 0 Å². The summed E-state index contributed by atoms with van der Waals surface area (Å²) in [5.41, 5.74) is 1.88. The number of fused-ring (bicyclic) bond motifs is 2. The molecule has 2 aliphatic rings. The van der Waals surface area contributed by atoms with E-state index in [9.17, 15) is 4.79 Å². The number of nitrogens with one attached hydrogen (secondary N) is 1. The first-order valence-corrected chi connectivity index (χ1v) is 7.39. The molecule has 2 saturated heterocycles. The standard InChI is InChI=1S/C16H22N2O2.ClH/c1-20-11-12-2-4-13(5-3-12)16(19)18-9-8-14-6-7-15(10-18)17-14;/h2-5,14-15,17H,6-11H2,1H3;1H. The topological polar surface area (TPSA) is 41.6 Å². The van der Waals surface area contributed by atoms with Crippen LogP contribution < -0.4 is 5.32 Å². The smallest absolute Gasteiger partial charge is 0.253 e. The quantitative estimate of drug-likeness (QED) is 0.931. The first-order valence-electron chi connectivity index (χ1n) is 7.39. The van der Waals surface area contributed by atoms with Crippen LogP contribution in [0.1, 0.15) is 35.2 Å². The maximum absolute atomic E-state index is 12.6. The summed E-state index contributed by atoms with van der Waals surface area (Å²) in [5.74, 6) is 0.156. The van der Waals surface area contributed by atoms with Crippen LogP contribution in [0.2, 0.25) is 0 Å². The molecule has 0 saturated carbocycles. The van der Waals surface area contributed by atoms with E-state index in [0.717, 1.165) is 30.6 Å². The second-order valence-corrected chi connectivity index (χ2v) is 5.81. The molecule has 2 aliphatic heterocycles. The van der Waals surface area contributed by atoms with Crippen LogP contribution in [-0.2, 0) is 11.3 Å². The fourth-order valence-electron chi connectivity index (χ4n) is 3.22. The fourth-order valence-corrected chi connectivity index (χ4v) is 3.22. The SMILES string of the molecule is COCc1ccc(C(=O)N2CCC3CCC(C2)N3)cc1.Cl. The van der Waals surface area contributed by atoms with Crippen molar-refractivity contribution in [1.29, 1.82) is 0 Å². The second-order valence-electron chi connectivity index (χ2n) is 5.81. The maximum atomic E-state index is 12.6. The number of amides is 1. The highest BCUT2D eigenvalue weighted by Crippen LogP contribution is 2.21. The second kappa shape index (κ2) is 7.25. The van der Waals surface area contributed by atoms with E-state index in [1.807, 2.05) is 29.2 Å². The minimum Gasteiger partial charge on any atom is -0.380 e. The van der Waals surface area contributed by atoms with Crippen molar-refractivity contribution in [3.63, 3.8) is 0 Å². The monoisotopic (exact) mass is 310 g/mol. The van der Waals surface area contributed by atoms with Gasteiger partial charge in [0.1, 0.15) is 0 Å². The summed E-state index contributed by atoms with van der Waals surface area (Å²) < 4.78 is 5.09. The zero-order chi connectivity index (χ0) is 13.9. The number of benzene rings is 1. The largest absolute Gasteiger partial charge is 0.380 e. The number of hydrogen-bond donors (Lipinski definition) is 1. The molecule has 21 heavy (non-hydrogen) atoms. The number of carbonyl (C=O) groups is 1. The number of halogens is 1. The first-order chi connectivity index (χ1) is 9.76. The predicted molar refractivity (Wildman–Crippen MR) is 84.9 cm³/mol. The summed E-state index contributed by atoms with van der Waals surface area (Å²) in [7, 11) is 1.68. The lowest BCUT2D eigenvalue weighted by Gasteiger charge is -2.24. The fraction of sp³-hybridized carbons (Fsp3) is 0.562. The number of hydrogen-bond acceptors (Lipinski definition) is 3. The normalized spacial score (nSPS) is 24.3. The molecule has 2 unspecified atom stereocenters. The zero-order valence-electron chi connectivity index (χ0n) is 12.4. The molecule has 0 radical (unpaired) electrons. The van der Waals surface area contributed by atoms with E-state index in [-0.39, 0.29) is 18.3 Å². The molecule has 5 heteroatoms. The van der Waals surface area contributed by atoms with Gasteiger partial charge >= 0.3 is 0 Å². The van der Waals surface area contributed by atoms with E-state index < -0.39 is 0 Å². The molecule has 2 fully saturated rings. The highest BCUT2D eigenvalue weighted by atomic mass is 35.5. The Bertz CT molecular complexity index is 478. The summed E-state index contributed by atoms with van der Waals surface area (Å²) in [6.07, 6.45) is 3.53. The zero-order valence-corrected chi connectivity index (χ0v) is 13.2. The van der Waals surface area contributed by atoms with E-state index in [2.05, 4.69) is 5.32 Å². The van der Waals surface area contributed by atoms with Gasteiger partial charge < -0.3 is 15.0 Å². The molecule has 2 heterocycles. The lowest BCUT2D eigenvalue weighted by molar-refractivity contribution is 0.0748. The molecule has 0 aliphatic carbocycles. The predicted octanol–water partition coefficient (Wildman–Crippen LogP) is 2.22. The minimum atomic E-state index is 0. The number of rotatable bonds is 3. The van der Waals surface area contributed by atoms with Gasteiger partial charge in [-0.25, -0.2) is 0 Å². The van der Waals surface area contributed by atoms with Crippen LogP contribution in [0, 0.1) is 0 Å². The number of carbonyl (C=O) groups excluding carboxylic acids is 1.